The van der Waals surface area contributed by atoms with Crippen LogP contribution in [0.15, 0.2) is 18.2 Å². The molecule has 2 nitrogen and oxygen atoms in total. The van der Waals surface area contributed by atoms with Crippen molar-refractivity contribution in [2.24, 2.45) is 11.8 Å². The largest absolute Gasteiger partial charge is 0.490 e. The molecule has 1 aliphatic heterocycles. The van der Waals surface area contributed by atoms with Gasteiger partial charge in [0.25, 0.3) is 0 Å². The van der Waals surface area contributed by atoms with E-state index in [0.717, 1.165) is 25.3 Å². The summed E-state index contributed by atoms with van der Waals surface area (Å²) in [5, 5.41) is 4.52. The summed E-state index contributed by atoms with van der Waals surface area (Å²) in [7, 11) is 0. The molecule has 1 heterocycles. The smallest absolute Gasteiger partial charge is 0.121 e. The van der Waals surface area contributed by atoms with Crippen molar-refractivity contribution < 1.29 is 4.74 Å². The van der Waals surface area contributed by atoms with Crippen LogP contribution in [0.25, 0.3) is 0 Å². The summed E-state index contributed by atoms with van der Waals surface area (Å²) in [6.07, 6.45) is 2.48. The van der Waals surface area contributed by atoms with E-state index in [1.165, 1.54) is 6.42 Å². The van der Waals surface area contributed by atoms with E-state index in [2.05, 4.69) is 19.2 Å². The van der Waals surface area contributed by atoms with Crippen molar-refractivity contribution in [3.05, 3.63) is 28.2 Å². The first kappa shape index (κ1) is 15.0. The van der Waals surface area contributed by atoms with Gasteiger partial charge < -0.3 is 10.1 Å². The van der Waals surface area contributed by atoms with Crippen LogP contribution in [0, 0.1) is 11.8 Å². The van der Waals surface area contributed by atoms with Gasteiger partial charge in [0.05, 0.1) is 10.0 Å². The molecule has 0 bridgehead atoms. The minimum atomic E-state index is 0.243. The van der Waals surface area contributed by atoms with Crippen LogP contribution in [-0.2, 0) is 0 Å². The van der Waals surface area contributed by atoms with Crippen molar-refractivity contribution in [1.82, 2.24) is 5.32 Å². The summed E-state index contributed by atoms with van der Waals surface area (Å²) >= 11 is 12.0. The summed E-state index contributed by atoms with van der Waals surface area (Å²) in [6.45, 7) is 6.59. The molecular weight excluding hydrogens is 281 g/mol. The summed E-state index contributed by atoms with van der Waals surface area (Å²) in [5.74, 6) is 2.01. The van der Waals surface area contributed by atoms with E-state index in [0.29, 0.717) is 21.9 Å². The number of benzene rings is 1. The molecule has 0 amide bonds. The number of hydrogen-bond acceptors (Lipinski definition) is 2. The summed E-state index contributed by atoms with van der Waals surface area (Å²) in [5.41, 5.74) is 0. The topological polar surface area (TPSA) is 21.3 Å². The molecule has 0 aromatic heterocycles. The number of hydrogen-bond donors (Lipinski definition) is 1. The molecule has 0 saturated carbocycles. The molecule has 1 saturated heterocycles. The molecule has 1 unspecified atom stereocenters. The fourth-order valence-electron chi connectivity index (χ4n) is 2.52. The Kier molecular flexibility index (Phi) is 5.37. The Morgan fingerprint density at radius 3 is 2.68 bits per heavy atom. The third kappa shape index (κ3) is 4.27. The zero-order chi connectivity index (χ0) is 13.8. The second kappa shape index (κ2) is 6.83. The number of rotatable bonds is 5. The maximum Gasteiger partial charge on any atom is 0.121 e. The maximum atomic E-state index is 6.16. The molecule has 0 spiro atoms. The van der Waals surface area contributed by atoms with Gasteiger partial charge in [-0.3, -0.25) is 0 Å². The highest BCUT2D eigenvalue weighted by atomic mass is 35.5. The highest BCUT2D eigenvalue weighted by Gasteiger charge is 2.27. The van der Waals surface area contributed by atoms with Crippen LogP contribution in [0.2, 0.25) is 10.0 Å². The van der Waals surface area contributed by atoms with Crippen LogP contribution in [0.4, 0.5) is 0 Å². The van der Waals surface area contributed by atoms with Crippen molar-refractivity contribution >= 4 is 23.2 Å². The Balaban J connectivity index is 2.07. The van der Waals surface area contributed by atoms with E-state index in [9.17, 15) is 0 Å². The van der Waals surface area contributed by atoms with E-state index in [1.54, 1.807) is 12.1 Å². The highest BCUT2D eigenvalue weighted by molar-refractivity contribution is 6.42. The lowest BCUT2D eigenvalue weighted by molar-refractivity contribution is 0.119. The Hall–Kier alpha value is -0.440. The minimum absolute atomic E-state index is 0.243. The molecular formula is C15H21Cl2NO. The van der Waals surface area contributed by atoms with Gasteiger partial charge in [-0.2, -0.15) is 0 Å². The van der Waals surface area contributed by atoms with Gasteiger partial charge in [0.1, 0.15) is 11.9 Å². The predicted octanol–water partition coefficient (Wildman–Crippen LogP) is 4.40. The van der Waals surface area contributed by atoms with Gasteiger partial charge in [-0.25, -0.2) is 0 Å². The highest BCUT2D eigenvalue weighted by Crippen LogP contribution is 2.30. The SMILES string of the molecule is CC(C)C[C@H](Oc1ccc(Cl)c(Cl)c1)C1CCNC1. The molecule has 1 aliphatic rings. The lowest BCUT2D eigenvalue weighted by Gasteiger charge is -2.26. The van der Waals surface area contributed by atoms with Gasteiger partial charge in [0.2, 0.25) is 0 Å². The first-order valence-corrected chi connectivity index (χ1v) is 7.64. The summed E-state index contributed by atoms with van der Waals surface area (Å²) < 4.78 is 6.16. The van der Waals surface area contributed by atoms with Crippen LogP contribution in [0.1, 0.15) is 26.7 Å². The normalized spacial score (nSPS) is 20.8. The second-order valence-corrected chi connectivity index (χ2v) is 6.43. The molecule has 1 N–H and O–H groups in total. The number of nitrogens with one attached hydrogen (secondary N) is 1. The van der Waals surface area contributed by atoms with Crippen LogP contribution < -0.4 is 10.1 Å². The Bertz CT molecular complexity index is 417. The van der Waals surface area contributed by atoms with Gasteiger partial charge in [0, 0.05) is 18.5 Å². The number of halogens is 2. The van der Waals surface area contributed by atoms with Gasteiger partial charge in [-0.15, -0.1) is 0 Å². The maximum absolute atomic E-state index is 6.16. The van der Waals surface area contributed by atoms with Gasteiger partial charge >= 0.3 is 0 Å². The Morgan fingerprint density at radius 1 is 1.32 bits per heavy atom. The van der Waals surface area contributed by atoms with Gasteiger partial charge in [0.15, 0.2) is 0 Å². The molecule has 106 valence electrons. The van der Waals surface area contributed by atoms with Crippen molar-refractivity contribution in [2.45, 2.75) is 32.8 Å². The van der Waals surface area contributed by atoms with Crippen molar-refractivity contribution in [1.29, 1.82) is 0 Å². The average molecular weight is 302 g/mol. The Labute approximate surface area is 125 Å². The van der Waals surface area contributed by atoms with E-state index in [-0.39, 0.29) is 6.10 Å². The van der Waals surface area contributed by atoms with Crippen LogP contribution in [0.5, 0.6) is 5.75 Å². The zero-order valence-corrected chi connectivity index (χ0v) is 13.0. The molecule has 2 atom stereocenters. The molecule has 0 aliphatic carbocycles. The summed E-state index contributed by atoms with van der Waals surface area (Å²) in [4.78, 5) is 0. The minimum Gasteiger partial charge on any atom is -0.490 e. The van der Waals surface area contributed by atoms with Crippen LogP contribution >= 0.6 is 23.2 Å². The molecule has 1 aromatic rings. The Morgan fingerprint density at radius 2 is 2.11 bits per heavy atom. The predicted molar refractivity (Wildman–Crippen MR) is 81.3 cm³/mol. The standard InChI is InChI=1S/C15H21Cl2NO/c1-10(2)7-15(11-5-6-18-9-11)19-12-3-4-13(16)14(17)8-12/h3-4,8,10-11,15,18H,5-7,9H2,1-2H3/t11?,15-/m0/s1. The first-order chi connectivity index (χ1) is 9.06. The molecule has 4 heteroatoms. The molecule has 19 heavy (non-hydrogen) atoms. The van der Waals surface area contributed by atoms with Crippen molar-refractivity contribution in [3.63, 3.8) is 0 Å². The third-order valence-corrected chi connectivity index (χ3v) is 4.25. The van der Waals surface area contributed by atoms with Gasteiger partial charge in [-0.1, -0.05) is 37.0 Å². The molecule has 1 fully saturated rings. The lowest BCUT2D eigenvalue weighted by atomic mass is 9.93. The van der Waals surface area contributed by atoms with Gasteiger partial charge in [-0.05, 0) is 37.4 Å². The van der Waals surface area contributed by atoms with Crippen molar-refractivity contribution in [2.75, 3.05) is 13.1 Å². The van der Waals surface area contributed by atoms with E-state index in [4.69, 9.17) is 27.9 Å². The second-order valence-electron chi connectivity index (χ2n) is 5.61. The summed E-state index contributed by atoms with van der Waals surface area (Å²) in [6, 6.07) is 5.49. The van der Waals surface area contributed by atoms with Crippen LogP contribution in [-0.4, -0.2) is 19.2 Å². The van der Waals surface area contributed by atoms with Crippen molar-refractivity contribution in [3.8, 4) is 5.75 Å². The lowest BCUT2D eigenvalue weighted by Crippen LogP contribution is -2.30. The van der Waals surface area contributed by atoms with E-state index >= 15 is 0 Å². The van der Waals surface area contributed by atoms with E-state index < -0.39 is 0 Å². The number of ether oxygens (including phenoxy) is 1. The molecule has 1 aromatic carbocycles. The fourth-order valence-corrected chi connectivity index (χ4v) is 2.81. The average Bonchev–Trinajstić information content (AvgIpc) is 2.86. The zero-order valence-electron chi connectivity index (χ0n) is 11.5. The quantitative estimate of drug-likeness (QED) is 0.870. The third-order valence-electron chi connectivity index (χ3n) is 3.51. The first-order valence-electron chi connectivity index (χ1n) is 6.88. The van der Waals surface area contributed by atoms with Crippen LogP contribution in [0.3, 0.4) is 0 Å². The molecule has 2 rings (SSSR count). The monoisotopic (exact) mass is 301 g/mol. The molecule has 0 radical (unpaired) electrons. The fraction of sp³-hybridized carbons (Fsp3) is 0.600. The van der Waals surface area contributed by atoms with E-state index in [1.807, 2.05) is 6.07 Å².